The second-order valence-corrected chi connectivity index (χ2v) is 5.09. The first-order valence-electron chi connectivity index (χ1n) is 6.33. The van der Waals surface area contributed by atoms with Crippen LogP contribution in [-0.2, 0) is 11.3 Å². The second kappa shape index (κ2) is 5.21. The van der Waals surface area contributed by atoms with Crippen molar-refractivity contribution in [1.29, 1.82) is 5.26 Å². The van der Waals surface area contributed by atoms with Crippen LogP contribution < -0.4 is 5.32 Å². The van der Waals surface area contributed by atoms with Crippen LogP contribution in [-0.4, -0.2) is 22.2 Å². The topological polar surface area (TPSA) is 70.7 Å². The molecule has 2 rings (SSSR count). The highest BCUT2D eigenvalue weighted by atomic mass is 16.2. The van der Waals surface area contributed by atoms with Crippen molar-refractivity contribution in [3.05, 3.63) is 18.5 Å². The molecule has 1 aromatic rings. The molecule has 96 valence electrons. The van der Waals surface area contributed by atoms with Crippen LogP contribution >= 0.6 is 0 Å². The van der Waals surface area contributed by atoms with Gasteiger partial charge in [-0.3, -0.25) is 9.48 Å². The van der Waals surface area contributed by atoms with Gasteiger partial charge in [0, 0.05) is 25.5 Å². The number of aromatic nitrogens is 2. The second-order valence-electron chi connectivity index (χ2n) is 5.09. The molecule has 1 saturated carbocycles. The van der Waals surface area contributed by atoms with Crippen LogP contribution in [0.2, 0.25) is 0 Å². The van der Waals surface area contributed by atoms with Gasteiger partial charge in [0.25, 0.3) is 0 Å². The third-order valence-electron chi connectivity index (χ3n) is 3.45. The Hall–Kier alpha value is -1.83. The third kappa shape index (κ3) is 2.53. The van der Waals surface area contributed by atoms with Gasteiger partial charge >= 0.3 is 0 Å². The molecule has 0 aromatic carbocycles. The van der Waals surface area contributed by atoms with Crippen molar-refractivity contribution in [3.8, 4) is 6.07 Å². The monoisotopic (exact) mass is 246 g/mol. The molecule has 18 heavy (non-hydrogen) atoms. The van der Waals surface area contributed by atoms with E-state index in [0.29, 0.717) is 25.3 Å². The van der Waals surface area contributed by atoms with E-state index in [4.69, 9.17) is 5.26 Å². The lowest BCUT2D eigenvalue weighted by Gasteiger charge is -2.39. The number of carbonyl (C=O) groups excluding carboxylic acids is 1. The van der Waals surface area contributed by atoms with Gasteiger partial charge in [-0.25, -0.2) is 0 Å². The lowest BCUT2D eigenvalue weighted by atomic mass is 9.63. The summed E-state index contributed by atoms with van der Waals surface area (Å²) in [5, 5.41) is 16.1. The van der Waals surface area contributed by atoms with Gasteiger partial charge in [0.15, 0.2) is 0 Å². The van der Waals surface area contributed by atoms with Gasteiger partial charge in [0.05, 0.1) is 6.07 Å². The molecule has 0 unspecified atom stereocenters. The fourth-order valence-corrected chi connectivity index (χ4v) is 2.50. The zero-order chi connectivity index (χ0) is 13.0. The van der Waals surface area contributed by atoms with Crippen LogP contribution in [0.1, 0.15) is 26.2 Å². The Morgan fingerprint density at radius 3 is 3.00 bits per heavy atom. The predicted molar refractivity (Wildman–Crippen MR) is 66.3 cm³/mol. The molecule has 1 aliphatic carbocycles. The zero-order valence-corrected chi connectivity index (χ0v) is 10.6. The van der Waals surface area contributed by atoms with Crippen molar-refractivity contribution in [2.24, 2.45) is 11.3 Å². The molecule has 0 atom stereocenters. The summed E-state index contributed by atoms with van der Waals surface area (Å²) in [5.74, 6) is 0.378. The Morgan fingerprint density at radius 2 is 2.44 bits per heavy atom. The number of rotatable bonds is 5. The van der Waals surface area contributed by atoms with Crippen molar-refractivity contribution in [2.75, 3.05) is 6.54 Å². The average Bonchev–Trinajstić information content (AvgIpc) is 2.83. The molecule has 0 radical (unpaired) electrons. The zero-order valence-electron chi connectivity index (χ0n) is 10.6. The number of hydrogen-bond donors (Lipinski definition) is 1. The van der Waals surface area contributed by atoms with Crippen LogP contribution in [0.4, 0.5) is 0 Å². The standard InChI is InChI=1S/C13H18N4O/c1-11-8-13(9-11,10-14)12(18)15-4-2-6-17-7-3-5-16-17/h3,5,7,11H,2,4,6,8-9H2,1H3,(H,15,18). The number of carbonyl (C=O) groups is 1. The fraction of sp³-hybridized carbons (Fsp3) is 0.615. The van der Waals surface area contributed by atoms with Crippen molar-refractivity contribution in [3.63, 3.8) is 0 Å². The van der Waals surface area contributed by atoms with Gasteiger partial charge in [0.2, 0.25) is 5.91 Å². The molecule has 1 heterocycles. The van der Waals surface area contributed by atoms with Crippen LogP contribution in [0.3, 0.4) is 0 Å². The first kappa shape index (κ1) is 12.6. The van der Waals surface area contributed by atoms with E-state index in [9.17, 15) is 4.79 Å². The van der Waals surface area contributed by atoms with E-state index in [2.05, 4.69) is 23.4 Å². The van der Waals surface area contributed by atoms with E-state index >= 15 is 0 Å². The van der Waals surface area contributed by atoms with E-state index in [-0.39, 0.29) is 5.91 Å². The van der Waals surface area contributed by atoms with Crippen LogP contribution in [0.25, 0.3) is 0 Å². The Bertz CT molecular complexity index is 440. The van der Waals surface area contributed by atoms with E-state index < -0.39 is 5.41 Å². The average molecular weight is 246 g/mol. The van der Waals surface area contributed by atoms with Crippen molar-refractivity contribution >= 4 is 5.91 Å². The number of nitriles is 1. The Labute approximate surface area is 107 Å². The minimum atomic E-state index is -0.759. The molecule has 5 nitrogen and oxygen atoms in total. The summed E-state index contributed by atoms with van der Waals surface area (Å²) in [6.07, 6.45) is 5.83. The smallest absolute Gasteiger partial charge is 0.240 e. The minimum absolute atomic E-state index is 0.108. The van der Waals surface area contributed by atoms with Gasteiger partial charge < -0.3 is 5.32 Å². The van der Waals surface area contributed by atoms with Crippen LogP contribution in [0.5, 0.6) is 0 Å². The lowest BCUT2D eigenvalue weighted by molar-refractivity contribution is -0.133. The van der Waals surface area contributed by atoms with E-state index in [1.807, 2.05) is 16.9 Å². The van der Waals surface area contributed by atoms with E-state index in [1.54, 1.807) is 6.20 Å². The molecular formula is C13H18N4O. The highest BCUT2D eigenvalue weighted by Crippen LogP contribution is 2.44. The summed E-state index contributed by atoms with van der Waals surface area (Å²) in [5.41, 5.74) is -0.759. The highest BCUT2D eigenvalue weighted by Gasteiger charge is 2.48. The molecule has 0 spiro atoms. The number of hydrogen-bond acceptors (Lipinski definition) is 3. The number of nitrogens with one attached hydrogen (secondary N) is 1. The Morgan fingerprint density at radius 1 is 1.67 bits per heavy atom. The summed E-state index contributed by atoms with van der Waals surface area (Å²) in [6, 6.07) is 4.04. The molecule has 1 aliphatic rings. The van der Waals surface area contributed by atoms with Gasteiger partial charge in [-0.2, -0.15) is 10.4 Å². The van der Waals surface area contributed by atoms with E-state index in [1.165, 1.54) is 0 Å². The fourth-order valence-electron chi connectivity index (χ4n) is 2.50. The van der Waals surface area contributed by atoms with Crippen molar-refractivity contribution < 1.29 is 4.79 Å². The highest BCUT2D eigenvalue weighted by molar-refractivity contribution is 5.86. The molecule has 0 saturated heterocycles. The minimum Gasteiger partial charge on any atom is -0.355 e. The maximum atomic E-state index is 11.9. The maximum absolute atomic E-state index is 11.9. The molecule has 5 heteroatoms. The third-order valence-corrected chi connectivity index (χ3v) is 3.45. The molecule has 1 N–H and O–H groups in total. The number of aryl methyl sites for hydroxylation is 1. The SMILES string of the molecule is CC1CC(C#N)(C(=O)NCCCn2cccn2)C1. The Balaban J connectivity index is 1.71. The summed E-state index contributed by atoms with van der Waals surface area (Å²) >= 11 is 0. The van der Waals surface area contributed by atoms with E-state index in [0.717, 1.165) is 13.0 Å². The maximum Gasteiger partial charge on any atom is 0.240 e. The molecular weight excluding hydrogens is 228 g/mol. The molecule has 0 aliphatic heterocycles. The Kier molecular flexibility index (Phi) is 3.66. The van der Waals surface area contributed by atoms with Gasteiger partial charge in [-0.1, -0.05) is 6.92 Å². The largest absolute Gasteiger partial charge is 0.355 e. The van der Waals surface area contributed by atoms with Gasteiger partial charge in [-0.05, 0) is 31.2 Å². The predicted octanol–water partition coefficient (Wildman–Crippen LogP) is 1.33. The lowest BCUT2D eigenvalue weighted by Crippen LogP contribution is -2.48. The van der Waals surface area contributed by atoms with Gasteiger partial charge in [0.1, 0.15) is 5.41 Å². The summed E-state index contributed by atoms with van der Waals surface area (Å²) < 4.78 is 1.83. The summed E-state index contributed by atoms with van der Waals surface area (Å²) in [7, 11) is 0. The van der Waals surface area contributed by atoms with Crippen molar-refractivity contribution in [2.45, 2.75) is 32.7 Å². The first-order chi connectivity index (χ1) is 8.66. The molecule has 1 amide bonds. The number of nitrogens with zero attached hydrogens (tertiary/aromatic N) is 3. The quantitative estimate of drug-likeness (QED) is 0.797. The molecule has 0 bridgehead atoms. The normalized spacial score (nSPS) is 26.1. The van der Waals surface area contributed by atoms with Crippen molar-refractivity contribution in [1.82, 2.24) is 15.1 Å². The number of amides is 1. The van der Waals surface area contributed by atoms with Crippen LogP contribution in [0, 0.1) is 22.7 Å². The summed E-state index contributed by atoms with van der Waals surface area (Å²) in [4.78, 5) is 11.9. The first-order valence-corrected chi connectivity index (χ1v) is 6.33. The molecule has 1 fully saturated rings. The van der Waals surface area contributed by atoms with Crippen LogP contribution in [0.15, 0.2) is 18.5 Å². The van der Waals surface area contributed by atoms with Gasteiger partial charge in [-0.15, -0.1) is 0 Å². The summed E-state index contributed by atoms with van der Waals surface area (Å²) in [6.45, 7) is 3.44. The molecule has 1 aromatic heterocycles.